The van der Waals surface area contributed by atoms with Gasteiger partial charge in [0.1, 0.15) is 21.3 Å². The number of carbonyl (C=O) groups is 1. The lowest BCUT2D eigenvalue weighted by atomic mass is 10.2. The molecule has 1 saturated heterocycles. The molecular formula is C22H26N4O5S2. The zero-order valence-electron chi connectivity index (χ0n) is 18.7. The van der Waals surface area contributed by atoms with Gasteiger partial charge < -0.3 is 15.0 Å². The minimum atomic E-state index is -3.85. The van der Waals surface area contributed by atoms with E-state index in [2.05, 4.69) is 9.97 Å². The molecule has 33 heavy (non-hydrogen) atoms. The summed E-state index contributed by atoms with van der Waals surface area (Å²) in [5.41, 5.74) is 1.47. The van der Waals surface area contributed by atoms with Crippen molar-refractivity contribution >= 4 is 37.5 Å². The Morgan fingerprint density at radius 1 is 1.18 bits per heavy atom. The quantitative estimate of drug-likeness (QED) is 0.564. The Kier molecular flexibility index (Phi) is 6.30. The molecule has 176 valence electrons. The maximum atomic E-state index is 12.9. The number of sulfonamides is 1. The second-order valence-electron chi connectivity index (χ2n) is 8.23. The van der Waals surface area contributed by atoms with E-state index in [9.17, 15) is 23.1 Å². The van der Waals surface area contributed by atoms with Crippen molar-refractivity contribution in [1.29, 1.82) is 0 Å². The molecule has 1 aromatic carbocycles. The maximum absolute atomic E-state index is 12.9. The van der Waals surface area contributed by atoms with Gasteiger partial charge in [0.25, 0.3) is 5.56 Å². The predicted octanol–water partition coefficient (Wildman–Crippen LogP) is 2.08. The fourth-order valence-corrected chi connectivity index (χ4v) is 6.58. The SMILES string of the molecule is Cc1ccc(O)c(S(=O)(=O)N2CCN(C(=O)CCc3nc4sc(C)c(C)c4c(=O)[nH]3)CC2)c1. The third-order valence-corrected chi connectivity index (χ3v) is 9.02. The lowest BCUT2D eigenvalue weighted by Crippen LogP contribution is -2.50. The second-order valence-corrected chi connectivity index (χ2v) is 11.3. The van der Waals surface area contributed by atoms with E-state index in [1.807, 2.05) is 13.8 Å². The largest absolute Gasteiger partial charge is 0.507 e. The van der Waals surface area contributed by atoms with Crippen molar-refractivity contribution in [3.05, 3.63) is 50.4 Å². The van der Waals surface area contributed by atoms with E-state index < -0.39 is 10.0 Å². The van der Waals surface area contributed by atoms with E-state index in [1.54, 1.807) is 17.9 Å². The van der Waals surface area contributed by atoms with Crippen LogP contribution in [0.5, 0.6) is 5.75 Å². The van der Waals surface area contributed by atoms with E-state index in [-0.39, 0.29) is 54.7 Å². The molecule has 0 unspecified atom stereocenters. The molecule has 1 aliphatic rings. The number of amides is 1. The number of hydrogen-bond donors (Lipinski definition) is 2. The van der Waals surface area contributed by atoms with E-state index in [1.165, 1.54) is 27.8 Å². The minimum absolute atomic E-state index is 0.119. The summed E-state index contributed by atoms with van der Waals surface area (Å²) in [5.74, 6) is 0.0682. The molecule has 4 rings (SSSR count). The van der Waals surface area contributed by atoms with Crippen molar-refractivity contribution in [2.24, 2.45) is 0 Å². The first kappa shape index (κ1) is 23.4. The van der Waals surface area contributed by atoms with Crippen LogP contribution < -0.4 is 5.56 Å². The molecule has 11 heteroatoms. The molecule has 0 aliphatic carbocycles. The molecule has 0 saturated carbocycles. The van der Waals surface area contributed by atoms with Crippen LogP contribution in [0, 0.1) is 20.8 Å². The summed E-state index contributed by atoms with van der Waals surface area (Å²) in [5, 5.41) is 10.6. The standard InChI is InChI=1S/C22H26N4O5S2/c1-13-4-5-16(27)17(12-13)33(30,31)26-10-8-25(9-11-26)19(28)7-6-18-23-21(29)20-14(2)15(3)32-22(20)24-18/h4-5,12,27H,6-11H2,1-3H3,(H,23,24,29). The van der Waals surface area contributed by atoms with Crippen LogP contribution in [0.2, 0.25) is 0 Å². The Hall–Kier alpha value is -2.76. The van der Waals surface area contributed by atoms with E-state index in [4.69, 9.17) is 0 Å². The first-order valence-electron chi connectivity index (χ1n) is 10.6. The number of aryl methyl sites for hydroxylation is 4. The summed E-state index contributed by atoms with van der Waals surface area (Å²) in [6, 6.07) is 4.46. The zero-order chi connectivity index (χ0) is 23.9. The van der Waals surface area contributed by atoms with Crippen molar-refractivity contribution in [1.82, 2.24) is 19.2 Å². The molecule has 1 amide bonds. The number of aromatic amines is 1. The summed E-state index contributed by atoms with van der Waals surface area (Å²) in [6.07, 6.45) is 0.471. The Bertz CT molecular complexity index is 1390. The molecule has 1 aliphatic heterocycles. The van der Waals surface area contributed by atoms with E-state index >= 15 is 0 Å². The first-order valence-corrected chi connectivity index (χ1v) is 12.9. The summed E-state index contributed by atoms with van der Waals surface area (Å²) in [7, 11) is -3.85. The lowest BCUT2D eigenvalue weighted by molar-refractivity contribution is -0.132. The number of carbonyl (C=O) groups excluding carboxylic acids is 1. The van der Waals surface area contributed by atoms with Crippen LogP contribution in [0.3, 0.4) is 0 Å². The zero-order valence-corrected chi connectivity index (χ0v) is 20.3. The van der Waals surface area contributed by atoms with E-state index in [0.717, 1.165) is 16.0 Å². The highest BCUT2D eigenvalue weighted by Gasteiger charge is 2.31. The number of aromatic hydroxyl groups is 1. The Morgan fingerprint density at radius 3 is 2.58 bits per heavy atom. The Morgan fingerprint density at radius 2 is 1.88 bits per heavy atom. The lowest BCUT2D eigenvalue weighted by Gasteiger charge is -2.34. The van der Waals surface area contributed by atoms with Gasteiger partial charge in [0, 0.05) is 43.9 Å². The number of phenols is 1. The molecular weight excluding hydrogens is 464 g/mol. The normalized spacial score (nSPS) is 15.3. The van der Waals surface area contributed by atoms with Gasteiger partial charge in [-0.05, 0) is 44.0 Å². The summed E-state index contributed by atoms with van der Waals surface area (Å²) in [4.78, 5) is 35.6. The monoisotopic (exact) mass is 490 g/mol. The fraction of sp³-hybridized carbons (Fsp3) is 0.409. The number of rotatable bonds is 5. The van der Waals surface area contributed by atoms with Crippen molar-refractivity contribution in [2.45, 2.75) is 38.5 Å². The number of piperazine rings is 1. The van der Waals surface area contributed by atoms with Crippen LogP contribution in [0.1, 0.15) is 28.2 Å². The third kappa shape index (κ3) is 4.53. The van der Waals surface area contributed by atoms with Crippen molar-refractivity contribution < 1.29 is 18.3 Å². The molecule has 0 spiro atoms. The summed E-state index contributed by atoms with van der Waals surface area (Å²) >= 11 is 1.47. The Balaban J connectivity index is 1.38. The number of benzene rings is 1. The average Bonchev–Trinajstić information content (AvgIpc) is 3.07. The van der Waals surface area contributed by atoms with E-state index in [0.29, 0.717) is 22.5 Å². The fourth-order valence-electron chi connectivity index (χ4n) is 3.95. The van der Waals surface area contributed by atoms with Crippen LogP contribution in [0.15, 0.2) is 27.9 Å². The van der Waals surface area contributed by atoms with Crippen molar-refractivity contribution in [2.75, 3.05) is 26.2 Å². The van der Waals surface area contributed by atoms with Gasteiger partial charge in [-0.15, -0.1) is 11.3 Å². The smallest absolute Gasteiger partial charge is 0.259 e. The van der Waals surface area contributed by atoms with Gasteiger partial charge in [0.2, 0.25) is 15.9 Å². The number of nitrogens with one attached hydrogen (secondary N) is 1. The van der Waals surface area contributed by atoms with Crippen LogP contribution >= 0.6 is 11.3 Å². The van der Waals surface area contributed by atoms with Crippen LogP contribution in [-0.2, 0) is 21.2 Å². The number of aromatic nitrogens is 2. The molecule has 2 N–H and O–H groups in total. The van der Waals surface area contributed by atoms with Gasteiger partial charge in [-0.1, -0.05) is 6.07 Å². The van der Waals surface area contributed by atoms with Crippen LogP contribution in [0.4, 0.5) is 0 Å². The van der Waals surface area contributed by atoms with Crippen LogP contribution in [0.25, 0.3) is 10.2 Å². The molecule has 0 radical (unpaired) electrons. The molecule has 0 atom stereocenters. The second kappa shape index (κ2) is 8.88. The minimum Gasteiger partial charge on any atom is -0.507 e. The summed E-state index contributed by atoms with van der Waals surface area (Å²) in [6.45, 7) is 6.43. The number of H-pyrrole nitrogens is 1. The topological polar surface area (TPSA) is 124 Å². The van der Waals surface area contributed by atoms with Gasteiger partial charge in [0.05, 0.1) is 5.39 Å². The number of nitrogens with zero attached hydrogens (tertiary/aromatic N) is 3. The highest BCUT2D eigenvalue weighted by molar-refractivity contribution is 7.89. The third-order valence-electron chi connectivity index (χ3n) is 5.99. The Labute approximate surface area is 195 Å². The summed E-state index contributed by atoms with van der Waals surface area (Å²) < 4.78 is 27.2. The van der Waals surface area contributed by atoms with Gasteiger partial charge in [-0.3, -0.25) is 9.59 Å². The predicted molar refractivity (Wildman–Crippen MR) is 126 cm³/mol. The number of hydrogen-bond acceptors (Lipinski definition) is 7. The average molecular weight is 491 g/mol. The van der Waals surface area contributed by atoms with Crippen molar-refractivity contribution in [3.63, 3.8) is 0 Å². The molecule has 1 fully saturated rings. The van der Waals surface area contributed by atoms with Gasteiger partial charge >= 0.3 is 0 Å². The molecule has 3 aromatic rings. The number of fused-ring (bicyclic) bond motifs is 1. The van der Waals surface area contributed by atoms with Gasteiger partial charge in [0.15, 0.2) is 0 Å². The number of thiophene rings is 1. The molecule has 3 heterocycles. The van der Waals surface area contributed by atoms with Gasteiger partial charge in [-0.25, -0.2) is 13.4 Å². The maximum Gasteiger partial charge on any atom is 0.259 e. The molecule has 9 nitrogen and oxygen atoms in total. The van der Waals surface area contributed by atoms with Crippen LogP contribution in [-0.4, -0.2) is 64.8 Å². The molecule has 2 aromatic heterocycles. The highest BCUT2D eigenvalue weighted by Crippen LogP contribution is 2.28. The molecule has 0 bridgehead atoms. The number of phenolic OH excluding ortho intramolecular Hbond substituents is 1. The van der Waals surface area contributed by atoms with Crippen molar-refractivity contribution in [3.8, 4) is 5.75 Å². The van der Waals surface area contributed by atoms with Gasteiger partial charge in [-0.2, -0.15) is 4.31 Å². The highest BCUT2D eigenvalue weighted by atomic mass is 32.2. The first-order chi connectivity index (χ1) is 15.6.